The molecule has 0 fully saturated rings. The Morgan fingerprint density at radius 2 is 2.22 bits per heavy atom. The van der Waals surface area contributed by atoms with Crippen molar-refractivity contribution in [1.29, 1.82) is 0 Å². The second-order valence-corrected chi connectivity index (χ2v) is 4.64. The number of aromatic nitrogens is 1. The van der Waals surface area contributed by atoms with E-state index in [0.29, 0.717) is 0 Å². The van der Waals surface area contributed by atoms with E-state index >= 15 is 0 Å². The lowest BCUT2D eigenvalue weighted by Gasteiger charge is -2.02. The molecule has 0 atom stereocenters. The molecule has 1 aromatic carbocycles. The van der Waals surface area contributed by atoms with Crippen LogP contribution in [-0.4, -0.2) is 24.1 Å². The number of carbonyl (C=O) groups excluding carboxylic acids is 2. The first-order valence-corrected chi connectivity index (χ1v) is 6.03. The minimum absolute atomic E-state index is 0.117. The molecule has 2 amide bonds. The molecule has 0 aliphatic rings. The summed E-state index contributed by atoms with van der Waals surface area (Å²) in [7, 11) is 1.21. The second kappa shape index (κ2) is 5.22. The van der Waals surface area contributed by atoms with Crippen LogP contribution in [0.15, 0.2) is 28.9 Å². The minimum atomic E-state index is -0.749. The quantitative estimate of drug-likeness (QED) is 0.894. The van der Waals surface area contributed by atoms with Gasteiger partial charge in [0.25, 0.3) is 0 Å². The number of nitrogens with one attached hydrogen (secondary N) is 2. The molecule has 0 saturated carbocycles. The molecule has 94 valence electrons. The van der Waals surface area contributed by atoms with Gasteiger partial charge in [0.1, 0.15) is 0 Å². The van der Waals surface area contributed by atoms with Gasteiger partial charge in [0.15, 0.2) is 0 Å². The van der Waals surface area contributed by atoms with E-state index < -0.39 is 12.0 Å². The Morgan fingerprint density at radius 1 is 1.44 bits per heavy atom. The van der Waals surface area contributed by atoms with Crippen LogP contribution in [0.5, 0.6) is 0 Å². The number of H-pyrrole nitrogens is 1. The molecule has 6 heteroatoms. The Balaban J connectivity index is 2.19. The van der Waals surface area contributed by atoms with Crippen LogP contribution in [0.1, 0.15) is 5.56 Å². The molecule has 5 nitrogen and oxygen atoms in total. The highest BCUT2D eigenvalue weighted by Crippen LogP contribution is 2.22. The number of ether oxygens (including phenoxy) is 1. The number of fused-ring (bicyclic) bond motifs is 1. The third-order valence-electron chi connectivity index (χ3n) is 2.51. The fourth-order valence-electron chi connectivity index (χ4n) is 1.68. The standard InChI is InChI=1S/C12H11BrN2O3/c1-18-12(17)15-11(16)4-7-6-14-10-3-2-8(13)5-9(7)10/h2-3,5-6,14H,4H2,1H3,(H,15,16,17). The van der Waals surface area contributed by atoms with Crippen molar-refractivity contribution in [3.8, 4) is 0 Å². The summed E-state index contributed by atoms with van der Waals surface area (Å²) in [4.78, 5) is 25.5. The summed E-state index contributed by atoms with van der Waals surface area (Å²) < 4.78 is 5.29. The first-order chi connectivity index (χ1) is 8.60. The van der Waals surface area contributed by atoms with E-state index in [4.69, 9.17) is 0 Å². The predicted octanol–water partition coefficient (Wildman–Crippen LogP) is 2.36. The number of hydrogen-bond acceptors (Lipinski definition) is 3. The Morgan fingerprint density at radius 3 is 2.94 bits per heavy atom. The number of methoxy groups -OCH3 is 1. The van der Waals surface area contributed by atoms with E-state index in [1.165, 1.54) is 7.11 Å². The third-order valence-corrected chi connectivity index (χ3v) is 3.00. The van der Waals surface area contributed by atoms with Crippen molar-refractivity contribution in [3.63, 3.8) is 0 Å². The SMILES string of the molecule is COC(=O)NC(=O)Cc1c[nH]c2ccc(Br)cc12. The molecule has 0 spiro atoms. The fraction of sp³-hybridized carbons (Fsp3) is 0.167. The molecule has 0 saturated heterocycles. The van der Waals surface area contributed by atoms with Crippen LogP contribution in [-0.2, 0) is 16.0 Å². The molecule has 2 N–H and O–H groups in total. The first kappa shape index (κ1) is 12.6. The monoisotopic (exact) mass is 310 g/mol. The minimum Gasteiger partial charge on any atom is -0.453 e. The van der Waals surface area contributed by atoms with Gasteiger partial charge in [-0.15, -0.1) is 0 Å². The molecule has 0 aliphatic heterocycles. The molecular formula is C12H11BrN2O3. The summed E-state index contributed by atoms with van der Waals surface area (Å²) in [6.07, 6.45) is 1.13. The average molecular weight is 311 g/mol. The Bertz CT molecular complexity index is 606. The number of hydrogen-bond donors (Lipinski definition) is 2. The fourth-order valence-corrected chi connectivity index (χ4v) is 2.04. The number of imide groups is 1. The molecule has 0 bridgehead atoms. The summed E-state index contributed by atoms with van der Waals surface area (Å²) in [5.74, 6) is -0.400. The van der Waals surface area contributed by atoms with E-state index in [0.717, 1.165) is 20.9 Å². The molecule has 0 radical (unpaired) electrons. The lowest BCUT2D eigenvalue weighted by molar-refractivity contribution is -0.119. The summed E-state index contributed by atoms with van der Waals surface area (Å²) >= 11 is 3.38. The summed E-state index contributed by atoms with van der Waals surface area (Å²) in [6.45, 7) is 0. The van der Waals surface area contributed by atoms with E-state index in [2.05, 4.69) is 31.0 Å². The average Bonchev–Trinajstić information content (AvgIpc) is 2.71. The van der Waals surface area contributed by atoms with Gasteiger partial charge in [-0.1, -0.05) is 15.9 Å². The van der Waals surface area contributed by atoms with Crippen molar-refractivity contribution >= 4 is 38.8 Å². The lowest BCUT2D eigenvalue weighted by atomic mass is 10.1. The molecule has 18 heavy (non-hydrogen) atoms. The van der Waals surface area contributed by atoms with E-state index in [1.807, 2.05) is 18.2 Å². The normalized spacial score (nSPS) is 10.3. The van der Waals surface area contributed by atoms with Gasteiger partial charge in [0, 0.05) is 21.6 Å². The van der Waals surface area contributed by atoms with Gasteiger partial charge in [-0.25, -0.2) is 4.79 Å². The molecular weight excluding hydrogens is 300 g/mol. The van der Waals surface area contributed by atoms with Gasteiger partial charge < -0.3 is 9.72 Å². The number of alkyl carbamates (subject to hydrolysis) is 1. The smallest absolute Gasteiger partial charge is 0.413 e. The highest BCUT2D eigenvalue weighted by Gasteiger charge is 2.11. The van der Waals surface area contributed by atoms with Gasteiger partial charge in [-0.05, 0) is 23.8 Å². The van der Waals surface area contributed by atoms with Crippen LogP contribution in [0.3, 0.4) is 0 Å². The van der Waals surface area contributed by atoms with Gasteiger partial charge in [-0.3, -0.25) is 10.1 Å². The molecule has 1 aromatic heterocycles. The van der Waals surface area contributed by atoms with Crippen LogP contribution in [0.25, 0.3) is 10.9 Å². The Labute approximate surface area is 112 Å². The van der Waals surface area contributed by atoms with Gasteiger partial charge in [0.05, 0.1) is 13.5 Å². The maximum absolute atomic E-state index is 11.6. The lowest BCUT2D eigenvalue weighted by Crippen LogP contribution is -2.31. The number of aromatic amines is 1. The molecule has 0 aliphatic carbocycles. The van der Waals surface area contributed by atoms with Crippen molar-refractivity contribution in [1.82, 2.24) is 10.3 Å². The number of amides is 2. The van der Waals surface area contributed by atoms with Crippen molar-refractivity contribution in [2.45, 2.75) is 6.42 Å². The van der Waals surface area contributed by atoms with Gasteiger partial charge >= 0.3 is 6.09 Å². The van der Waals surface area contributed by atoms with Crippen LogP contribution in [0.2, 0.25) is 0 Å². The van der Waals surface area contributed by atoms with Gasteiger partial charge in [-0.2, -0.15) is 0 Å². The third kappa shape index (κ3) is 2.70. The molecule has 2 aromatic rings. The zero-order chi connectivity index (χ0) is 13.1. The molecule has 1 heterocycles. The van der Waals surface area contributed by atoms with Crippen LogP contribution in [0.4, 0.5) is 4.79 Å². The largest absolute Gasteiger partial charge is 0.453 e. The first-order valence-electron chi connectivity index (χ1n) is 5.23. The topological polar surface area (TPSA) is 71.2 Å². The Kier molecular flexibility index (Phi) is 3.66. The number of benzene rings is 1. The van der Waals surface area contributed by atoms with Crippen molar-refractivity contribution in [3.05, 3.63) is 34.4 Å². The summed E-state index contributed by atoms with van der Waals surface area (Å²) in [5, 5.41) is 3.07. The van der Waals surface area contributed by atoms with E-state index in [1.54, 1.807) is 6.20 Å². The van der Waals surface area contributed by atoms with E-state index in [9.17, 15) is 9.59 Å². The number of rotatable bonds is 2. The number of halogens is 1. The highest BCUT2D eigenvalue weighted by atomic mass is 79.9. The second-order valence-electron chi connectivity index (χ2n) is 3.72. The summed E-state index contributed by atoms with van der Waals surface area (Å²) in [6, 6.07) is 5.75. The maximum Gasteiger partial charge on any atom is 0.413 e. The van der Waals surface area contributed by atoms with Crippen LogP contribution < -0.4 is 5.32 Å². The maximum atomic E-state index is 11.6. The zero-order valence-electron chi connectivity index (χ0n) is 9.62. The van der Waals surface area contributed by atoms with Crippen molar-refractivity contribution < 1.29 is 14.3 Å². The molecule has 0 unspecified atom stereocenters. The number of carbonyl (C=O) groups is 2. The zero-order valence-corrected chi connectivity index (χ0v) is 11.2. The van der Waals surface area contributed by atoms with Gasteiger partial charge in [0.2, 0.25) is 5.91 Å². The highest BCUT2D eigenvalue weighted by molar-refractivity contribution is 9.10. The van der Waals surface area contributed by atoms with Crippen LogP contribution >= 0.6 is 15.9 Å². The van der Waals surface area contributed by atoms with E-state index in [-0.39, 0.29) is 6.42 Å². The van der Waals surface area contributed by atoms with Crippen LogP contribution in [0, 0.1) is 0 Å². The Hall–Kier alpha value is -1.82. The van der Waals surface area contributed by atoms with Crippen molar-refractivity contribution in [2.24, 2.45) is 0 Å². The van der Waals surface area contributed by atoms with Crippen molar-refractivity contribution in [2.75, 3.05) is 7.11 Å². The molecule has 2 rings (SSSR count). The predicted molar refractivity (Wildman–Crippen MR) is 70.3 cm³/mol. The summed E-state index contributed by atoms with van der Waals surface area (Å²) in [5.41, 5.74) is 1.77.